The number of anilines is 1. The van der Waals surface area contributed by atoms with E-state index in [1.54, 1.807) is 22.2 Å². The van der Waals surface area contributed by atoms with Crippen molar-refractivity contribution in [1.29, 1.82) is 0 Å². The van der Waals surface area contributed by atoms with E-state index in [1.165, 1.54) is 4.88 Å². The highest BCUT2D eigenvalue weighted by atomic mass is 35.5. The molecule has 0 unspecified atom stereocenters. The standard InChI is InChI=1S/C20H21ClN4OS/c21-19-10-9-17(27-19)14-24-12-2-1-4-18(24)20(26)23-15-5-7-16(8-6-15)25-13-3-11-22-25/h3,5-11,13,18H,1-2,4,12,14H2,(H,23,26)/t18-/m1/s1. The van der Waals surface area contributed by atoms with Gasteiger partial charge in [0.05, 0.1) is 16.1 Å². The molecule has 1 atom stereocenters. The third kappa shape index (κ3) is 4.40. The van der Waals surface area contributed by atoms with E-state index in [-0.39, 0.29) is 11.9 Å². The number of likely N-dealkylation sites (tertiary alicyclic amines) is 1. The number of amides is 1. The number of nitrogens with one attached hydrogen (secondary N) is 1. The zero-order valence-corrected chi connectivity index (χ0v) is 16.4. The van der Waals surface area contributed by atoms with E-state index in [0.717, 1.165) is 48.1 Å². The predicted octanol–water partition coefficient (Wildman–Crippen LogP) is 4.58. The van der Waals surface area contributed by atoms with Crippen LogP contribution in [-0.4, -0.2) is 33.2 Å². The van der Waals surface area contributed by atoms with Crippen molar-refractivity contribution >= 4 is 34.5 Å². The number of hydrogen-bond acceptors (Lipinski definition) is 4. The summed E-state index contributed by atoms with van der Waals surface area (Å²) in [5.74, 6) is 0.0594. The van der Waals surface area contributed by atoms with Gasteiger partial charge in [0.1, 0.15) is 0 Å². The topological polar surface area (TPSA) is 50.2 Å². The van der Waals surface area contributed by atoms with Gasteiger partial charge in [0.2, 0.25) is 5.91 Å². The summed E-state index contributed by atoms with van der Waals surface area (Å²) in [6.45, 7) is 1.71. The average Bonchev–Trinajstić information content (AvgIpc) is 3.35. The van der Waals surface area contributed by atoms with Crippen molar-refractivity contribution in [2.75, 3.05) is 11.9 Å². The molecule has 3 aromatic rings. The summed E-state index contributed by atoms with van der Waals surface area (Å²) in [6.07, 6.45) is 6.73. The maximum absolute atomic E-state index is 12.9. The van der Waals surface area contributed by atoms with Gasteiger partial charge in [-0.15, -0.1) is 11.3 Å². The van der Waals surface area contributed by atoms with Crippen molar-refractivity contribution in [2.45, 2.75) is 31.8 Å². The molecule has 2 aromatic heterocycles. The Morgan fingerprint density at radius 1 is 1.22 bits per heavy atom. The molecule has 1 aliphatic heterocycles. The first-order valence-corrected chi connectivity index (χ1v) is 10.3. The highest BCUT2D eigenvalue weighted by Crippen LogP contribution is 2.26. The monoisotopic (exact) mass is 400 g/mol. The van der Waals surface area contributed by atoms with Crippen LogP contribution in [0.2, 0.25) is 4.34 Å². The van der Waals surface area contributed by atoms with Crippen molar-refractivity contribution in [2.24, 2.45) is 0 Å². The van der Waals surface area contributed by atoms with E-state index in [9.17, 15) is 4.79 Å². The molecule has 0 saturated carbocycles. The van der Waals surface area contributed by atoms with Crippen LogP contribution in [-0.2, 0) is 11.3 Å². The molecule has 0 aliphatic carbocycles. The zero-order valence-electron chi connectivity index (χ0n) is 14.8. The number of halogens is 1. The minimum atomic E-state index is -0.106. The maximum atomic E-state index is 12.9. The lowest BCUT2D eigenvalue weighted by Crippen LogP contribution is -2.46. The summed E-state index contributed by atoms with van der Waals surface area (Å²) in [6, 6.07) is 13.5. The Hall–Kier alpha value is -2.15. The summed E-state index contributed by atoms with van der Waals surface area (Å²) in [4.78, 5) is 16.4. The molecule has 27 heavy (non-hydrogen) atoms. The minimum absolute atomic E-state index is 0.0594. The lowest BCUT2D eigenvalue weighted by molar-refractivity contribution is -0.122. The first-order valence-electron chi connectivity index (χ1n) is 9.08. The fraction of sp³-hybridized carbons (Fsp3) is 0.300. The van der Waals surface area contributed by atoms with E-state index in [4.69, 9.17) is 11.6 Å². The summed E-state index contributed by atoms with van der Waals surface area (Å²) in [7, 11) is 0. The number of hydrogen-bond donors (Lipinski definition) is 1. The molecule has 1 fully saturated rings. The van der Waals surface area contributed by atoms with Gasteiger partial charge in [0, 0.05) is 29.5 Å². The second kappa shape index (κ2) is 8.25. The zero-order chi connectivity index (χ0) is 18.6. The molecule has 1 aliphatic rings. The van der Waals surface area contributed by atoms with Crippen LogP contribution in [0.3, 0.4) is 0 Å². The number of aromatic nitrogens is 2. The number of rotatable bonds is 5. The van der Waals surface area contributed by atoms with Gasteiger partial charge in [-0.3, -0.25) is 9.69 Å². The Balaban J connectivity index is 1.42. The molecular formula is C20H21ClN4OS. The molecule has 7 heteroatoms. The second-order valence-corrected chi connectivity index (χ2v) is 8.47. The van der Waals surface area contributed by atoms with E-state index < -0.39 is 0 Å². The van der Waals surface area contributed by atoms with Crippen LogP contribution in [0.15, 0.2) is 54.9 Å². The SMILES string of the molecule is O=C(Nc1ccc(-n2cccn2)cc1)[C@H]1CCCCN1Cc1ccc(Cl)s1. The molecule has 0 radical (unpaired) electrons. The van der Waals surface area contributed by atoms with E-state index in [0.29, 0.717) is 0 Å². The van der Waals surface area contributed by atoms with Crippen molar-refractivity contribution in [3.05, 3.63) is 64.1 Å². The summed E-state index contributed by atoms with van der Waals surface area (Å²) >= 11 is 7.63. The fourth-order valence-electron chi connectivity index (χ4n) is 3.46. The Labute approximate surface area is 167 Å². The van der Waals surface area contributed by atoms with Crippen molar-refractivity contribution < 1.29 is 4.79 Å². The lowest BCUT2D eigenvalue weighted by atomic mass is 10.0. The van der Waals surface area contributed by atoms with Gasteiger partial charge in [-0.2, -0.15) is 5.10 Å². The largest absolute Gasteiger partial charge is 0.325 e. The van der Waals surface area contributed by atoms with Crippen LogP contribution in [0.5, 0.6) is 0 Å². The Morgan fingerprint density at radius 3 is 2.78 bits per heavy atom. The van der Waals surface area contributed by atoms with Crippen molar-refractivity contribution in [3.63, 3.8) is 0 Å². The average molecular weight is 401 g/mol. The van der Waals surface area contributed by atoms with Crippen LogP contribution >= 0.6 is 22.9 Å². The molecular weight excluding hydrogens is 380 g/mol. The smallest absolute Gasteiger partial charge is 0.241 e. The Bertz CT molecular complexity index is 891. The first kappa shape index (κ1) is 18.2. The molecule has 3 heterocycles. The first-order chi connectivity index (χ1) is 13.2. The number of thiophene rings is 1. The van der Waals surface area contributed by atoms with Crippen LogP contribution < -0.4 is 5.32 Å². The highest BCUT2D eigenvalue weighted by Gasteiger charge is 2.29. The van der Waals surface area contributed by atoms with Crippen molar-refractivity contribution in [1.82, 2.24) is 14.7 Å². The lowest BCUT2D eigenvalue weighted by Gasteiger charge is -2.34. The molecule has 4 rings (SSSR count). The third-order valence-corrected chi connectivity index (χ3v) is 6.02. The maximum Gasteiger partial charge on any atom is 0.241 e. The van der Waals surface area contributed by atoms with Crippen LogP contribution in [0.25, 0.3) is 5.69 Å². The van der Waals surface area contributed by atoms with E-state index in [2.05, 4.69) is 15.3 Å². The molecule has 1 saturated heterocycles. The van der Waals surface area contributed by atoms with Gasteiger partial charge in [0.25, 0.3) is 0 Å². The number of nitrogens with zero attached hydrogens (tertiary/aromatic N) is 3. The van der Waals surface area contributed by atoms with Gasteiger partial charge in [-0.25, -0.2) is 4.68 Å². The molecule has 140 valence electrons. The molecule has 1 N–H and O–H groups in total. The number of carbonyl (C=O) groups excluding carboxylic acids is 1. The molecule has 5 nitrogen and oxygen atoms in total. The van der Waals surface area contributed by atoms with Crippen LogP contribution in [0.1, 0.15) is 24.1 Å². The molecule has 0 bridgehead atoms. The fourth-order valence-corrected chi connectivity index (χ4v) is 4.57. The van der Waals surface area contributed by atoms with Gasteiger partial charge in [0.15, 0.2) is 0 Å². The molecule has 1 amide bonds. The van der Waals surface area contributed by atoms with E-state index in [1.807, 2.05) is 48.7 Å². The van der Waals surface area contributed by atoms with Gasteiger partial charge < -0.3 is 5.32 Å². The van der Waals surface area contributed by atoms with Crippen LogP contribution in [0, 0.1) is 0 Å². The second-order valence-electron chi connectivity index (χ2n) is 6.67. The summed E-state index contributed by atoms with van der Waals surface area (Å²) in [5.41, 5.74) is 1.77. The Morgan fingerprint density at radius 2 is 2.07 bits per heavy atom. The number of carbonyl (C=O) groups is 1. The summed E-state index contributed by atoms with van der Waals surface area (Å²) in [5, 5.41) is 7.29. The third-order valence-electron chi connectivity index (χ3n) is 4.81. The molecule has 0 spiro atoms. The number of piperidine rings is 1. The van der Waals surface area contributed by atoms with Gasteiger partial charge in [-0.05, 0) is 61.9 Å². The van der Waals surface area contributed by atoms with Gasteiger partial charge >= 0.3 is 0 Å². The van der Waals surface area contributed by atoms with Gasteiger partial charge in [-0.1, -0.05) is 18.0 Å². The van der Waals surface area contributed by atoms with E-state index >= 15 is 0 Å². The quantitative estimate of drug-likeness (QED) is 0.681. The molecule has 1 aromatic carbocycles. The number of benzene rings is 1. The van der Waals surface area contributed by atoms with Crippen molar-refractivity contribution in [3.8, 4) is 5.69 Å². The minimum Gasteiger partial charge on any atom is -0.325 e. The summed E-state index contributed by atoms with van der Waals surface area (Å²) < 4.78 is 2.58. The van der Waals surface area contributed by atoms with Crippen LogP contribution in [0.4, 0.5) is 5.69 Å². The normalized spacial score (nSPS) is 17.7. The Kier molecular flexibility index (Phi) is 5.57. The highest BCUT2D eigenvalue weighted by molar-refractivity contribution is 7.16. The predicted molar refractivity (Wildman–Crippen MR) is 110 cm³/mol.